The quantitative estimate of drug-likeness (QED) is 0.684. The Bertz CT molecular complexity index is 497. The Morgan fingerprint density at radius 1 is 1.38 bits per heavy atom. The zero-order valence-corrected chi connectivity index (χ0v) is 13.6. The number of nitrogens with one attached hydrogen (secondary N) is 1. The molecule has 4 nitrogen and oxygen atoms in total. The van der Waals surface area contributed by atoms with Crippen molar-refractivity contribution in [2.75, 3.05) is 26.7 Å². The Morgan fingerprint density at radius 2 is 2.14 bits per heavy atom. The number of guanidine groups is 1. The van der Waals surface area contributed by atoms with Crippen molar-refractivity contribution in [2.24, 2.45) is 10.4 Å². The molecule has 116 valence electrons. The summed E-state index contributed by atoms with van der Waals surface area (Å²) in [6, 6.07) is 8.16. The average molecular weight is 289 g/mol. The van der Waals surface area contributed by atoms with Gasteiger partial charge in [0.15, 0.2) is 5.96 Å². The van der Waals surface area contributed by atoms with Crippen LogP contribution in [0.3, 0.4) is 0 Å². The van der Waals surface area contributed by atoms with Crippen molar-refractivity contribution in [3.05, 3.63) is 29.8 Å². The van der Waals surface area contributed by atoms with E-state index in [1.807, 2.05) is 32.2 Å². The van der Waals surface area contributed by atoms with E-state index in [1.165, 1.54) is 12.0 Å². The minimum atomic E-state index is 0.376. The second-order valence-corrected chi connectivity index (χ2v) is 6.28. The van der Waals surface area contributed by atoms with E-state index in [9.17, 15) is 0 Å². The van der Waals surface area contributed by atoms with Crippen LogP contribution >= 0.6 is 0 Å². The molecule has 1 aliphatic heterocycles. The molecule has 4 heteroatoms. The highest BCUT2D eigenvalue weighted by Gasteiger charge is 2.30. The normalized spacial score (nSPS) is 17.9. The van der Waals surface area contributed by atoms with E-state index in [-0.39, 0.29) is 0 Å². The summed E-state index contributed by atoms with van der Waals surface area (Å²) in [6.45, 7) is 10.2. The molecule has 1 aromatic carbocycles. The third-order valence-electron chi connectivity index (χ3n) is 3.90. The van der Waals surface area contributed by atoms with Gasteiger partial charge in [-0.15, -0.1) is 0 Å². The van der Waals surface area contributed by atoms with Crippen molar-refractivity contribution >= 4 is 5.96 Å². The summed E-state index contributed by atoms with van der Waals surface area (Å²) in [5, 5.41) is 3.46. The maximum Gasteiger partial charge on any atom is 0.193 e. The fourth-order valence-electron chi connectivity index (χ4n) is 2.75. The lowest BCUT2D eigenvalue weighted by atomic mass is 9.93. The molecule has 0 bridgehead atoms. The standard InChI is InChI=1S/C17H27N3O/c1-5-21-15-9-7-6-8-14(15)12-19-16(18-4)20-11-10-17(2,3)13-20/h6-9H,5,10-13H2,1-4H3,(H,18,19). The van der Waals surface area contributed by atoms with Crippen molar-refractivity contribution in [3.63, 3.8) is 0 Å². The maximum absolute atomic E-state index is 5.67. The summed E-state index contributed by atoms with van der Waals surface area (Å²) in [4.78, 5) is 6.75. The van der Waals surface area contributed by atoms with Gasteiger partial charge in [-0.1, -0.05) is 32.0 Å². The molecule has 1 aromatic rings. The number of benzene rings is 1. The largest absolute Gasteiger partial charge is 0.494 e. The highest BCUT2D eigenvalue weighted by atomic mass is 16.5. The number of nitrogens with zero attached hydrogens (tertiary/aromatic N) is 2. The average Bonchev–Trinajstić information content (AvgIpc) is 2.82. The van der Waals surface area contributed by atoms with Gasteiger partial charge in [-0.2, -0.15) is 0 Å². The molecule has 1 saturated heterocycles. The van der Waals surface area contributed by atoms with E-state index >= 15 is 0 Å². The van der Waals surface area contributed by atoms with Crippen LogP contribution in [0.15, 0.2) is 29.3 Å². The Morgan fingerprint density at radius 3 is 2.76 bits per heavy atom. The van der Waals surface area contributed by atoms with Gasteiger partial charge in [-0.25, -0.2) is 0 Å². The molecule has 0 spiro atoms. The molecule has 2 rings (SSSR count). The molecule has 0 unspecified atom stereocenters. The van der Waals surface area contributed by atoms with Crippen LogP contribution in [0.1, 0.15) is 32.8 Å². The van der Waals surface area contributed by atoms with Gasteiger partial charge in [0.2, 0.25) is 0 Å². The van der Waals surface area contributed by atoms with Gasteiger partial charge >= 0.3 is 0 Å². The highest BCUT2D eigenvalue weighted by Crippen LogP contribution is 2.28. The van der Waals surface area contributed by atoms with Crippen LogP contribution in [0.5, 0.6) is 5.75 Å². The Labute approximate surface area is 128 Å². The van der Waals surface area contributed by atoms with E-state index in [4.69, 9.17) is 4.74 Å². The summed E-state index contributed by atoms with van der Waals surface area (Å²) in [6.07, 6.45) is 1.21. The number of rotatable bonds is 4. The number of aliphatic imine (C=N–C) groups is 1. The molecule has 0 amide bonds. The van der Waals surface area contributed by atoms with Crippen molar-refractivity contribution < 1.29 is 4.74 Å². The molecular weight excluding hydrogens is 262 g/mol. The molecular formula is C17H27N3O. The smallest absolute Gasteiger partial charge is 0.193 e. The van der Waals surface area contributed by atoms with E-state index in [0.717, 1.165) is 31.3 Å². The predicted molar refractivity (Wildman–Crippen MR) is 87.8 cm³/mol. The maximum atomic E-state index is 5.67. The first-order valence-electron chi connectivity index (χ1n) is 7.72. The first-order chi connectivity index (χ1) is 10.1. The highest BCUT2D eigenvalue weighted by molar-refractivity contribution is 5.80. The minimum absolute atomic E-state index is 0.376. The Hall–Kier alpha value is -1.71. The van der Waals surface area contributed by atoms with Gasteiger partial charge in [-0.05, 0) is 24.8 Å². The van der Waals surface area contributed by atoms with Gasteiger partial charge < -0.3 is 15.0 Å². The lowest BCUT2D eigenvalue weighted by Crippen LogP contribution is -2.40. The van der Waals surface area contributed by atoms with Gasteiger partial charge in [0.25, 0.3) is 0 Å². The van der Waals surface area contributed by atoms with Gasteiger partial charge in [0.05, 0.1) is 6.61 Å². The summed E-state index contributed by atoms with van der Waals surface area (Å²) in [5.41, 5.74) is 1.54. The van der Waals surface area contributed by atoms with Crippen molar-refractivity contribution in [3.8, 4) is 5.75 Å². The number of para-hydroxylation sites is 1. The summed E-state index contributed by atoms with van der Waals surface area (Å²) in [5.74, 6) is 1.93. The van der Waals surface area contributed by atoms with Gasteiger partial charge in [0, 0.05) is 32.2 Å². The summed E-state index contributed by atoms with van der Waals surface area (Å²) >= 11 is 0. The zero-order valence-electron chi connectivity index (χ0n) is 13.6. The topological polar surface area (TPSA) is 36.9 Å². The van der Waals surface area contributed by atoms with Crippen molar-refractivity contribution in [1.29, 1.82) is 0 Å². The van der Waals surface area contributed by atoms with Crippen LogP contribution in [0.4, 0.5) is 0 Å². The number of ether oxygens (including phenoxy) is 1. The number of hydrogen-bond acceptors (Lipinski definition) is 2. The molecule has 21 heavy (non-hydrogen) atoms. The lowest BCUT2D eigenvalue weighted by Gasteiger charge is -2.24. The Kier molecular flexibility index (Phi) is 5.10. The predicted octanol–water partition coefficient (Wildman–Crippen LogP) is 2.89. The molecule has 1 fully saturated rings. The summed E-state index contributed by atoms with van der Waals surface area (Å²) in [7, 11) is 1.85. The van der Waals surface area contributed by atoms with Crippen LogP contribution in [-0.4, -0.2) is 37.6 Å². The zero-order chi connectivity index (χ0) is 15.3. The molecule has 0 atom stereocenters. The third kappa shape index (κ3) is 4.13. The van der Waals surface area contributed by atoms with Crippen LogP contribution in [0.25, 0.3) is 0 Å². The first-order valence-corrected chi connectivity index (χ1v) is 7.72. The van der Waals surface area contributed by atoms with Crippen LogP contribution in [0, 0.1) is 5.41 Å². The monoisotopic (exact) mass is 289 g/mol. The van der Waals surface area contributed by atoms with Gasteiger partial charge in [0.1, 0.15) is 5.75 Å². The van der Waals surface area contributed by atoms with E-state index in [0.29, 0.717) is 12.0 Å². The SMILES string of the molecule is CCOc1ccccc1CNC(=NC)N1CCC(C)(C)C1. The van der Waals surface area contributed by atoms with Crippen molar-refractivity contribution in [2.45, 2.75) is 33.7 Å². The molecule has 0 radical (unpaired) electrons. The molecule has 1 N–H and O–H groups in total. The molecule has 1 heterocycles. The second-order valence-electron chi connectivity index (χ2n) is 6.28. The number of hydrogen-bond donors (Lipinski definition) is 1. The first kappa shape index (κ1) is 15.7. The van der Waals surface area contributed by atoms with E-state index < -0.39 is 0 Å². The molecule has 0 saturated carbocycles. The number of likely N-dealkylation sites (tertiary alicyclic amines) is 1. The fourth-order valence-corrected chi connectivity index (χ4v) is 2.75. The van der Waals surface area contributed by atoms with Crippen LogP contribution in [-0.2, 0) is 6.54 Å². The molecule has 1 aliphatic rings. The van der Waals surface area contributed by atoms with E-state index in [1.54, 1.807) is 0 Å². The lowest BCUT2D eigenvalue weighted by molar-refractivity contribution is 0.335. The molecule has 0 aromatic heterocycles. The van der Waals surface area contributed by atoms with Crippen LogP contribution in [0.2, 0.25) is 0 Å². The molecule has 0 aliphatic carbocycles. The Balaban J connectivity index is 1.98. The van der Waals surface area contributed by atoms with Crippen LogP contribution < -0.4 is 10.1 Å². The third-order valence-corrected chi connectivity index (χ3v) is 3.90. The van der Waals surface area contributed by atoms with Gasteiger partial charge in [-0.3, -0.25) is 4.99 Å². The minimum Gasteiger partial charge on any atom is -0.494 e. The second kappa shape index (κ2) is 6.83. The van der Waals surface area contributed by atoms with Crippen molar-refractivity contribution in [1.82, 2.24) is 10.2 Å². The van der Waals surface area contributed by atoms with E-state index in [2.05, 4.69) is 35.1 Å². The fraction of sp³-hybridized carbons (Fsp3) is 0.588. The summed E-state index contributed by atoms with van der Waals surface area (Å²) < 4.78 is 5.67.